The molecule has 1 heterocycles. The normalized spacial score (nSPS) is 13.3. The number of benzene rings is 1. The Morgan fingerprint density at radius 3 is 2.69 bits per heavy atom. The van der Waals surface area contributed by atoms with Crippen molar-refractivity contribution < 1.29 is 14.3 Å². The standard InChI is InChI=1S/C13H14O3/c1-9(2)7-11(14)10-3-4-12-13(8-10)16-6-5-15-12/h3-4,8H,1,5-7H2,2H3. The van der Waals surface area contributed by atoms with Crippen molar-refractivity contribution in [1.82, 2.24) is 0 Å². The molecule has 16 heavy (non-hydrogen) atoms. The molecule has 84 valence electrons. The van der Waals surface area contributed by atoms with Gasteiger partial charge in [0.25, 0.3) is 0 Å². The van der Waals surface area contributed by atoms with Crippen molar-refractivity contribution in [2.45, 2.75) is 13.3 Å². The molecule has 3 heteroatoms. The van der Waals surface area contributed by atoms with Crippen LogP contribution in [0.2, 0.25) is 0 Å². The quantitative estimate of drug-likeness (QED) is 0.578. The molecule has 3 nitrogen and oxygen atoms in total. The highest BCUT2D eigenvalue weighted by atomic mass is 16.6. The summed E-state index contributed by atoms with van der Waals surface area (Å²) in [4.78, 5) is 11.8. The zero-order chi connectivity index (χ0) is 11.5. The third kappa shape index (κ3) is 2.24. The van der Waals surface area contributed by atoms with Crippen molar-refractivity contribution in [1.29, 1.82) is 0 Å². The maximum Gasteiger partial charge on any atom is 0.167 e. The number of carbonyl (C=O) groups is 1. The molecular formula is C13H14O3. The van der Waals surface area contributed by atoms with Gasteiger partial charge in [0.15, 0.2) is 17.3 Å². The first-order valence-corrected chi connectivity index (χ1v) is 5.24. The van der Waals surface area contributed by atoms with Gasteiger partial charge >= 0.3 is 0 Å². The van der Waals surface area contributed by atoms with E-state index in [1.807, 2.05) is 6.92 Å². The average Bonchev–Trinajstić information content (AvgIpc) is 2.27. The van der Waals surface area contributed by atoms with Crippen molar-refractivity contribution in [2.75, 3.05) is 13.2 Å². The Hall–Kier alpha value is -1.77. The van der Waals surface area contributed by atoms with E-state index in [1.165, 1.54) is 0 Å². The lowest BCUT2D eigenvalue weighted by molar-refractivity contribution is 0.0992. The van der Waals surface area contributed by atoms with Gasteiger partial charge in [0.05, 0.1) is 0 Å². The van der Waals surface area contributed by atoms with Crippen LogP contribution in [0.1, 0.15) is 23.7 Å². The SMILES string of the molecule is C=C(C)CC(=O)c1ccc2c(c1)OCCO2. The summed E-state index contributed by atoms with van der Waals surface area (Å²) < 4.78 is 10.8. The first-order chi connectivity index (χ1) is 7.66. The Bertz CT molecular complexity index is 435. The minimum Gasteiger partial charge on any atom is -0.486 e. The smallest absolute Gasteiger partial charge is 0.167 e. The molecule has 1 aliphatic heterocycles. The van der Waals surface area contributed by atoms with Crippen LogP contribution < -0.4 is 9.47 Å². The topological polar surface area (TPSA) is 35.5 Å². The monoisotopic (exact) mass is 218 g/mol. The van der Waals surface area contributed by atoms with E-state index in [0.29, 0.717) is 36.7 Å². The summed E-state index contributed by atoms with van der Waals surface area (Å²) in [7, 11) is 0. The molecule has 2 rings (SSSR count). The number of ketones is 1. The summed E-state index contributed by atoms with van der Waals surface area (Å²) in [5.41, 5.74) is 1.51. The van der Waals surface area contributed by atoms with Gasteiger partial charge in [-0.15, -0.1) is 0 Å². The first kappa shape index (κ1) is 10.7. The van der Waals surface area contributed by atoms with Crippen LogP contribution in [-0.2, 0) is 0 Å². The predicted octanol–water partition coefficient (Wildman–Crippen LogP) is 2.61. The van der Waals surface area contributed by atoms with E-state index in [2.05, 4.69) is 6.58 Å². The van der Waals surface area contributed by atoms with Crippen LogP contribution in [0.25, 0.3) is 0 Å². The van der Waals surface area contributed by atoms with E-state index in [4.69, 9.17) is 9.47 Å². The van der Waals surface area contributed by atoms with Gasteiger partial charge in [-0.05, 0) is 25.1 Å². The Kier molecular flexibility index (Phi) is 2.95. The Labute approximate surface area is 94.7 Å². The number of Topliss-reactive ketones (excluding diaryl/α,β-unsaturated/α-hetero) is 1. The van der Waals surface area contributed by atoms with E-state index in [0.717, 1.165) is 5.57 Å². The van der Waals surface area contributed by atoms with Gasteiger partial charge in [0.1, 0.15) is 13.2 Å². The number of hydrogen-bond acceptors (Lipinski definition) is 3. The molecule has 0 fully saturated rings. The zero-order valence-electron chi connectivity index (χ0n) is 9.29. The lowest BCUT2D eigenvalue weighted by Crippen LogP contribution is -2.15. The molecule has 1 aromatic rings. The van der Waals surface area contributed by atoms with Crippen molar-refractivity contribution in [3.05, 3.63) is 35.9 Å². The first-order valence-electron chi connectivity index (χ1n) is 5.24. The summed E-state index contributed by atoms with van der Waals surface area (Å²) >= 11 is 0. The minimum atomic E-state index is 0.0597. The van der Waals surface area contributed by atoms with E-state index in [1.54, 1.807) is 18.2 Å². The summed E-state index contributed by atoms with van der Waals surface area (Å²) in [6.45, 7) is 6.67. The van der Waals surface area contributed by atoms with Gasteiger partial charge in [-0.2, -0.15) is 0 Å². The molecular weight excluding hydrogens is 204 g/mol. The number of carbonyl (C=O) groups excluding carboxylic acids is 1. The minimum absolute atomic E-state index is 0.0597. The fourth-order valence-corrected chi connectivity index (χ4v) is 1.59. The van der Waals surface area contributed by atoms with Crippen LogP contribution >= 0.6 is 0 Å². The second-order valence-corrected chi connectivity index (χ2v) is 3.92. The molecule has 0 amide bonds. The molecule has 0 aliphatic carbocycles. The molecule has 0 bridgehead atoms. The lowest BCUT2D eigenvalue weighted by atomic mass is 10.0. The van der Waals surface area contributed by atoms with Crippen LogP contribution in [-0.4, -0.2) is 19.0 Å². The highest BCUT2D eigenvalue weighted by Gasteiger charge is 2.14. The zero-order valence-corrected chi connectivity index (χ0v) is 9.29. The lowest BCUT2D eigenvalue weighted by Gasteiger charge is -2.18. The van der Waals surface area contributed by atoms with Gasteiger partial charge in [-0.25, -0.2) is 0 Å². The Morgan fingerprint density at radius 2 is 2.00 bits per heavy atom. The Balaban J connectivity index is 2.23. The predicted molar refractivity (Wildman–Crippen MR) is 61.2 cm³/mol. The second-order valence-electron chi connectivity index (χ2n) is 3.92. The molecule has 0 unspecified atom stereocenters. The molecule has 0 atom stereocenters. The number of allylic oxidation sites excluding steroid dienone is 1. The van der Waals surface area contributed by atoms with Crippen molar-refractivity contribution in [3.8, 4) is 11.5 Å². The van der Waals surface area contributed by atoms with E-state index >= 15 is 0 Å². The third-order valence-electron chi connectivity index (χ3n) is 2.33. The third-order valence-corrected chi connectivity index (χ3v) is 2.33. The van der Waals surface area contributed by atoms with Crippen molar-refractivity contribution in [3.63, 3.8) is 0 Å². The van der Waals surface area contributed by atoms with E-state index in [9.17, 15) is 4.79 Å². The number of ether oxygens (including phenoxy) is 2. The highest BCUT2D eigenvalue weighted by molar-refractivity contribution is 5.98. The van der Waals surface area contributed by atoms with Gasteiger partial charge in [0, 0.05) is 12.0 Å². The van der Waals surface area contributed by atoms with Crippen LogP contribution in [0.5, 0.6) is 11.5 Å². The molecule has 0 saturated heterocycles. The summed E-state index contributed by atoms with van der Waals surface area (Å²) in [5.74, 6) is 1.42. The number of rotatable bonds is 3. The largest absolute Gasteiger partial charge is 0.486 e. The molecule has 0 saturated carbocycles. The molecule has 0 N–H and O–H groups in total. The fraction of sp³-hybridized carbons (Fsp3) is 0.308. The molecule has 0 radical (unpaired) electrons. The molecule has 0 aromatic heterocycles. The van der Waals surface area contributed by atoms with Crippen molar-refractivity contribution >= 4 is 5.78 Å². The molecule has 1 aliphatic rings. The molecule has 1 aromatic carbocycles. The number of hydrogen-bond donors (Lipinski definition) is 0. The van der Waals surface area contributed by atoms with Crippen LogP contribution in [0.3, 0.4) is 0 Å². The highest BCUT2D eigenvalue weighted by Crippen LogP contribution is 2.31. The molecule has 0 spiro atoms. The van der Waals surface area contributed by atoms with Gasteiger partial charge in [-0.1, -0.05) is 12.2 Å². The maximum atomic E-state index is 11.8. The van der Waals surface area contributed by atoms with E-state index < -0.39 is 0 Å². The van der Waals surface area contributed by atoms with Crippen LogP contribution in [0.4, 0.5) is 0 Å². The summed E-state index contributed by atoms with van der Waals surface area (Å²) in [6.07, 6.45) is 0.375. The fourth-order valence-electron chi connectivity index (χ4n) is 1.59. The Morgan fingerprint density at radius 1 is 1.31 bits per heavy atom. The van der Waals surface area contributed by atoms with Gasteiger partial charge in [-0.3, -0.25) is 4.79 Å². The van der Waals surface area contributed by atoms with Crippen LogP contribution in [0, 0.1) is 0 Å². The average molecular weight is 218 g/mol. The van der Waals surface area contributed by atoms with Gasteiger partial charge < -0.3 is 9.47 Å². The van der Waals surface area contributed by atoms with Crippen LogP contribution in [0.15, 0.2) is 30.4 Å². The number of fused-ring (bicyclic) bond motifs is 1. The van der Waals surface area contributed by atoms with Gasteiger partial charge in [0.2, 0.25) is 0 Å². The second kappa shape index (κ2) is 4.39. The van der Waals surface area contributed by atoms with E-state index in [-0.39, 0.29) is 5.78 Å². The summed E-state index contributed by atoms with van der Waals surface area (Å²) in [5, 5.41) is 0. The van der Waals surface area contributed by atoms with Crippen molar-refractivity contribution in [2.24, 2.45) is 0 Å². The summed E-state index contributed by atoms with van der Waals surface area (Å²) in [6, 6.07) is 5.28. The maximum absolute atomic E-state index is 11.8.